The zero-order valence-electron chi connectivity index (χ0n) is 8.25. The van der Waals surface area contributed by atoms with Crippen molar-refractivity contribution in [1.82, 2.24) is 0 Å². The summed E-state index contributed by atoms with van der Waals surface area (Å²) in [6.45, 7) is 1.08. The van der Waals surface area contributed by atoms with E-state index in [4.69, 9.17) is 15.0 Å². The van der Waals surface area contributed by atoms with Crippen LogP contribution in [0.25, 0.3) is 0 Å². The molecule has 1 aromatic rings. The molecule has 0 spiro atoms. The molecule has 1 aromatic carbocycles. The Bertz CT molecular complexity index is 395. The van der Waals surface area contributed by atoms with Crippen molar-refractivity contribution < 1.29 is 18.3 Å². The average molecular weight is 231 g/mol. The van der Waals surface area contributed by atoms with Gasteiger partial charge in [0.05, 0.1) is 5.75 Å². The first kappa shape index (κ1) is 13.6. The van der Waals surface area contributed by atoms with Crippen molar-refractivity contribution in [2.75, 3.05) is 0 Å². The third kappa shape index (κ3) is 10.5. The summed E-state index contributed by atoms with van der Waals surface area (Å²) in [5, 5.41) is 12.3. The molecule has 0 heterocycles. The van der Waals surface area contributed by atoms with Gasteiger partial charge in [0.1, 0.15) is 0 Å². The first-order valence-corrected chi connectivity index (χ1v) is 5.77. The summed E-state index contributed by atoms with van der Waals surface area (Å²) in [5.41, 5.74) is 0.718. The maximum Gasteiger partial charge on any atom is 0.300 e. The second-order valence-corrected chi connectivity index (χ2v) is 4.43. The quantitative estimate of drug-likeness (QED) is 0.777. The van der Waals surface area contributed by atoms with Crippen LogP contribution in [0.15, 0.2) is 30.3 Å². The zero-order chi connectivity index (χ0) is 11.9. The molecular formula is C9H13NO4S. The van der Waals surface area contributed by atoms with Crippen LogP contribution in [0.5, 0.6) is 0 Å². The van der Waals surface area contributed by atoms with E-state index in [2.05, 4.69) is 0 Å². The van der Waals surface area contributed by atoms with Gasteiger partial charge in [-0.25, -0.2) is 13.6 Å². The van der Waals surface area contributed by atoms with Crippen molar-refractivity contribution in [3.05, 3.63) is 35.9 Å². The van der Waals surface area contributed by atoms with Crippen molar-refractivity contribution in [2.45, 2.75) is 12.7 Å². The number of primary sulfonamides is 1. The van der Waals surface area contributed by atoms with Gasteiger partial charge in [-0.1, -0.05) is 30.3 Å². The molecule has 0 atom stereocenters. The van der Waals surface area contributed by atoms with Gasteiger partial charge >= 0.3 is 0 Å². The van der Waals surface area contributed by atoms with Crippen LogP contribution in [0.3, 0.4) is 0 Å². The minimum absolute atomic E-state index is 0.0894. The van der Waals surface area contributed by atoms with Gasteiger partial charge < -0.3 is 5.11 Å². The van der Waals surface area contributed by atoms with E-state index < -0.39 is 16.0 Å². The van der Waals surface area contributed by atoms with Crippen LogP contribution in [0.4, 0.5) is 0 Å². The van der Waals surface area contributed by atoms with Crippen molar-refractivity contribution in [1.29, 1.82) is 0 Å². The molecule has 6 heteroatoms. The van der Waals surface area contributed by atoms with Crippen LogP contribution >= 0.6 is 0 Å². The Morgan fingerprint density at radius 2 is 1.73 bits per heavy atom. The van der Waals surface area contributed by atoms with E-state index in [1.165, 1.54) is 0 Å². The van der Waals surface area contributed by atoms with Crippen LogP contribution in [-0.2, 0) is 20.6 Å². The van der Waals surface area contributed by atoms with Crippen LogP contribution in [0.1, 0.15) is 12.5 Å². The number of carbonyl (C=O) groups is 1. The molecular weight excluding hydrogens is 218 g/mol. The molecule has 0 fully saturated rings. The van der Waals surface area contributed by atoms with E-state index in [0.717, 1.165) is 12.5 Å². The van der Waals surface area contributed by atoms with E-state index in [9.17, 15) is 8.42 Å². The van der Waals surface area contributed by atoms with Crippen molar-refractivity contribution in [3.63, 3.8) is 0 Å². The predicted molar refractivity (Wildman–Crippen MR) is 56.6 cm³/mol. The van der Waals surface area contributed by atoms with Gasteiger partial charge in [0, 0.05) is 6.92 Å². The summed E-state index contributed by atoms with van der Waals surface area (Å²) < 4.78 is 21.2. The van der Waals surface area contributed by atoms with Gasteiger partial charge in [0.15, 0.2) is 0 Å². The van der Waals surface area contributed by atoms with Crippen LogP contribution in [0.2, 0.25) is 0 Å². The predicted octanol–water partition coefficient (Wildman–Crippen LogP) is 0.566. The number of hydrogen-bond donors (Lipinski definition) is 2. The van der Waals surface area contributed by atoms with Crippen LogP contribution in [0, 0.1) is 0 Å². The standard InChI is InChI=1S/C7H9NO2S.C2H4O2/c8-11(9,10)6-7-4-2-1-3-5-7;1-2(3)4/h1-5H,6H2,(H2,8,9,10);1H3,(H,3,4). The lowest BCUT2D eigenvalue weighted by atomic mass is 10.2. The van der Waals surface area contributed by atoms with E-state index >= 15 is 0 Å². The van der Waals surface area contributed by atoms with Gasteiger partial charge in [-0.05, 0) is 5.56 Å². The van der Waals surface area contributed by atoms with Crippen LogP contribution < -0.4 is 5.14 Å². The summed E-state index contributed by atoms with van der Waals surface area (Å²) in [7, 11) is -3.38. The van der Waals surface area contributed by atoms with Crippen molar-refractivity contribution >= 4 is 16.0 Å². The van der Waals surface area contributed by atoms with Gasteiger partial charge in [0.2, 0.25) is 10.0 Å². The van der Waals surface area contributed by atoms with E-state index in [1.807, 2.05) is 6.07 Å². The number of sulfonamides is 1. The third-order valence-corrected chi connectivity index (χ3v) is 1.95. The van der Waals surface area contributed by atoms with E-state index in [-0.39, 0.29) is 5.75 Å². The highest BCUT2D eigenvalue weighted by Gasteiger charge is 2.02. The summed E-state index contributed by atoms with van der Waals surface area (Å²) in [6, 6.07) is 8.84. The lowest BCUT2D eigenvalue weighted by Gasteiger charge is -1.96. The molecule has 5 nitrogen and oxygen atoms in total. The maximum absolute atomic E-state index is 10.6. The molecule has 0 aliphatic heterocycles. The molecule has 3 N–H and O–H groups in total. The molecule has 0 radical (unpaired) electrons. The topological polar surface area (TPSA) is 97.5 Å². The highest BCUT2D eigenvalue weighted by atomic mass is 32.2. The first-order chi connectivity index (χ1) is 6.81. The molecule has 0 saturated heterocycles. The van der Waals surface area contributed by atoms with E-state index in [0.29, 0.717) is 0 Å². The molecule has 0 amide bonds. The average Bonchev–Trinajstić information content (AvgIpc) is 2.01. The van der Waals surface area contributed by atoms with Crippen LogP contribution in [-0.4, -0.2) is 19.5 Å². The number of nitrogens with two attached hydrogens (primary N) is 1. The number of rotatable bonds is 2. The molecule has 0 aliphatic rings. The fourth-order valence-electron chi connectivity index (χ4n) is 0.807. The minimum Gasteiger partial charge on any atom is -0.481 e. The fourth-order valence-corrected chi connectivity index (χ4v) is 1.46. The Morgan fingerprint density at radius 1 is 1.33 bits per heavy atom. The lowest BCUT2D eigenvalue weighted by molar-refractivity contribution is -0.134. The van der Waals surface area contributed by atoms with Gasteiger partial charge in [-0.2, -0.15) is 0 Å². The SMILES string of the molecule is CC(=O)O.NS(=O)(=O)Cc1ccccc1. The van der Waals surface area contributed by atoms with Gasteiger partial charge in [-0.3, -0.25) is 4.79 Å². The molecule has 1 rings (SSSR count). The normalized spacial score (nSPS) is 10.0. The number of carboxylic acids is 1. The lowest BCUT2D eigenvalue weighted by Crippen LogP contribution is -2.14. The fraction of sp³-hybridized carbons (Fsp3) is 0.222. The number of carboxylic acid groups (broad SMARTS) is 1. The van der Waals surface area contributed by atoms with Crippen molar-refractivity contribution in [3.8, 4) is 0 Å². The molecule has 84 valence electrons. The van der Waals surface area contributed by atoms with Gasteiger partial charge in [-0.15, -0.1) is 0 Å². The summed E-state index contributed by atoms with van der Waals surface area (Å²) >= 11 is 0. The Kier molecular flexibility index (Phi) is 5.58. The number of benzene rings is 1. The molecule has 0 bridgehead atoms. The third-order valence-electron chi connectivity index (χ3n) is 1.21. The van der Waals surface area contributed by atoms with E-state index in [1.54, 1.807) is 24.3 Å². The Hall–Kier alpha value is -1.40. The molecule has 0 aromatic heterocycles. The second-order valence-electron chi connectivity index (χ2n) is 2.81. The molecule has 15 heavy (non-hydrogen) atoms. The summed E-state index contributed by atoms with van der Waals surface area (Å²) in [5.74, 6) is -0.923. The minimum atomic E-state index is -3.38. The molecule has 0 aliphatic carbocycles. The first-order valence-electron chi connectivity index (χ1n) is 4.05. The summed E-state index contributed by atoms with van der Waals surface area (Å²) in [4.78, 5) is 9.00. The smallest absolute Gasteiger partial charge is 0.300 e. The summed E-state index contributed by atoms with van der Waals surface area (Å²) in [6.07, 6.45) is 0. The second kappa shape index (κ2) is 6.15. The number of hydrogen-bond acceptors (Lipinski definition) is 3. The monoisotopic (exact) mass is 231 g/mol. The largest absolute Gasteiger partial charge is 0.481 e. The van der Waals surface area contributed by atoms with Gasteiger partial charge in [0.25, 0.3) is 5.97 Å². The Balaban J connectivity index is 0.000000423. The highest BCUT2D eigenvalue weighted by Crippen LogP contribution is 2.01. The Labute approximate surface area is 88.6 Å². The molecule has 0 unspecified atom stereocenters. The maximum atomic E-state index is 10.6. The highest BCUT2D eigenvalue weighted by molar-refractivity contribution is 7.88. The van der Waals surface area contributed by atoms with Crippen molar-refractivity contribution in [2.24, 2.45) is 5.14 Å². The number of aliphatic carboxylic acids is 1. The Morgan fingerprint density at radius 3 is 2.07 bits per heavy atom. The molecule has 0 saturated carbocycles. The zero-order valence-corrected chi connectivity index (χ0v) is 9.07.